The zero-order chi connectivity index (χ0) is 12.8. The maximum absolute atomic E-state index is 13.3. The minimum absolute atomic E-state index is 0.164. The van der Waals surface area contributed by atoms with Gasteiger partial charge in [0.1, 0.15) is 0 Å². The highest BCUT2D eigenvalue weighted by Crippen LogP contribution is 2.27. The van der Waals surface area contributed by atoms with Crippen LogP contribution in [0.3, 0.4) is 0 Å². The molecule has 0 radical (unpaired) electrons. The molecule has 1 aromatic rings. The van der Waals surface area contributed by atoms with E-state index in [0.717, 1.165) is 6.42 Å². The molecule has 0 aromatic heterocycles. The highest BCUT2D eigenvalue weighted by Gasteiger charge is 2.07. The Labute approximate surface area is 101 Å². The van der Waals surface area contributed by atoms with Gasteiger partial charge < -0.3 is 20.9 Å². The van der Waals surface area contributed by atoms with Crippen molar-refractivity contribution in [1.29, 1.82) is 0 Å². The number of benzene rings is 1. The van der Waals surface area contributed by atoms with Gasteiger partial charge in [-0.3, -0.25) is 0 Å². The Hall–Kier alpha value is -1.49. The molecule has 4 nitrogen and oxygen atoms in total. The van der Waals surface area contributed by atoms with Crippen LogP contribution in [0.1, 0.15) is 19.8 Å². The summed E-state index contributed by atoms with van der Waals surface area (Å²) in [6.45, 7) is 2.42. The Balaban J connectivity index is 2.58. The molecule has 0 heterocycles. The van der Waals surface area contributed by atoms with Crippen molar-refractivity contribution in [2.24, 2.45) is 0 Å². The molecule has 1 aromatic carbocycles. The van der Waals surface area contributed by atoms with E-state index in [-0.39, 0.29) is 11.9 Å². The molecule has 5 heteroatoms. The Morgan fingerprint density at radius 1 is 1.53 bits per heavy atom. The number of hydrogen-bond acceptors (Lipinski definition) is 4. The fourth-order valence-corrected chi connectivity index (χ4v) is 1.50. The molecule has 1 rings (SSSR count). The maximum atomic E-state index is 13.3. The number of halogens is 1. The van der Waals surface area contributed by atoms with Gasteiger partial charge in [0.2, 0.25) is 0 Å². The second kappa shape index (κ2) is 6.30. The highest BCUT2D eigenvalue weighted by molar-refractivity contribution is 5.68. The molecule has 96 valence electrons. The number of rotatable bonds is 6. The Kier molecular flexibility index (Phi) is 5.03. The molecule has 0 fully saturated rings. The molecule has 0 aliphatic rings. The first-order chi connectivity index (χ1) is 8.04. The summed E-state index contributed by atoms with van der Waals surface area (Å²) < 4.78 is 18.1. The van der Waals surface area contributed by atoms with Crippen molar-refractivity contribution in [3.05, 3.63) is 17.9 Å². The van der Waals surface area contributed by atoms with Gasteiger partial charge in [-0.15, -0.1) is 0 Å². The molecule has 0 saturated heterocycles. The first-order valence-corrected chi connectivity index (χ1v) is 5.59. The molecule has 1 atom stereocenters. The van der Waals surface area contributed by atoms with Gasteiger partial charge >= 0.3 is 0 Å². The minimum Gasteiger partial charge on any atom is -0.494 e. The summed E-state index contributed by atoms with van der Waals surface area (Å²) in [5.74, 6) is -0.309. The fourth-order valence-electron chi connectivity index (χ4n) is 1.50. The van der Waals surface area contributed by atoms with Gasteiger partial charge in [-0.1, -0.05) is 0 Å². The highest BCUT2D eigenvalue weighted by atomic mass is 19.1. The monoisotopic (exact) mass is 242 g/mol. The summed E-state index contributed by atoms with van der Waals surface area (Å²) in [5.41, 5.74) is 6.67. The number of aliphatic hydroxyl groups is 1. The average molecular weight is 242 g/mol. The molecule has 1 unspecified atom stereocenters. The molecule has 0 aliphatic heterocycles. The molecular formula is C12H19FN2O2. The number of nitrogen functional groups attached to an aromatic ring is 1. The van der Waals surface area contributed by atoms with E-state index in [4.69, 9.17) is 15.6 Å². The third-order valence-corrected chi connectivity index (χ3v) is 2.44. The lowest BCUT2D eigenvalue weighted by molar-refractivity contribution is 0.183. The van der Waals surface area contributed by atoms with Gasteiger partial charge in [0.05, 0.1) is 24.6 Å². The van der Waals surface area contributed by atoms with Crippen molar-refractivity contribution >= 4 is 11.4 Å². The Morgan fingerprint density at radius 2 is 2.24 bits per heavy atom. The number of nitrogens with two attached hydrogens (primary N) is 1. The zero-order valence-electron chi connectivity index (χ0n) is 10.2. The van der Waals surface area contributed by atoms with Crippen LogP contribution in [0.5, 0.6) is 5.75 Å². The van der Waals surface area contributed by atoms with Crippen molar-refractivity contribution in [2.75, 3.05) is 24.7 Å². The lowest BCUT2D eigenvalue weighted by atomic mass is 10.2. The molecular weight excluding hydrogens is 223 g/mol. The van der Waals surface area contributed by atoms with Crippen LogP contribution >= 0.6 is 0 Å². The topological polar surface area (TPSA) is 67.5 Å². The minimum atomic E-state index is -0.473. The van der Waals surface area contributed by atoms with Crippen molar-refractivity contribution in [2.45, 2.75) is 25.9 Å². The maximum Gasteiger partial charge on any atom is 0.167 e. The van der Waals surface area contributed by atoms with E-state index < -0.39 is 5.82 Å². The van der Waals surface area contributed by atoms with Gasteiger partial charge in [-0.2, -0.15) is 0 Å². The van der Waals surface area contributed by atoms with Crippen LogP contribution in [0, 0.1) is 5.82 Å². The summed E-state index contributed by atoms with van der Waals surface area (Å²) >= 11 is 0. The van der Waals surface area contributed by atoms with Crippen molar-refractivity contribution in [1.82, 2.24) is 0 Å². The van der Waals surface area contributed by atoms with Crippen LogP contribution in [0.2, 0.25) is 0 Å². The molecule has 4 N–H and O–H groups in total. The Bertz CT molecular complexity index is 370. The number of aliphatic hydroxyl groups excluding tert-OH is 1. The van der Waals surface area contributed by atoms with Gasteiger partial charge in [-0.05, 0) is 19.8 Å². The third kappa shape index (κ3) is 4.11. The van der Waals surface area contributed by atoms with Crippen LogP contribution in [0.15, 0.2) is 12.1 Å². The predicted molar refractivity (Wildman–Crippen MR) is 66.8 cm³/mol. The van der Waals surface area contributed by atoms with Crippen molar-refractivity contribution < 1.29 is 14.2 Å². The first kappa shape index (κ1) is 13.6. The number of ether oxygens (including phenoxy) is 1. The van der Waals surface area contributed by atoms with E-state index in [2.05, 4.69) is 5.32 Å². The average Bonchev–Trinajstić information content (AvgIpc) is 2.26. The molecule has 17 heavy (non-hydrogen) atoms. The van der Waals surface area contributed by atoms with E-state index in [1.165, 1.54) is 19.2 Å². The fraction of sp³-hybridized carbons (Fsp3) is 0.500. The summed E-state index contributed by atoms with van der Waals surface area (Å²) in [5, 5.41) is 12.2. The van der Waals surface area contributed by atoms with Crippen LogP contribution in [0.25, 0.3) is 0 Å². The molecule has 0 amide bonds. The molecule has 0 saturated carbocycles. The first-order valence-electron chi connectivity index (χ1n) is 5.59. The lowest BCUT2D eigenvalue weighted by Gasteiger charge is -2.12. The van der Waals surface area contributed by atoms with E-state index in [0.29, 0.717) is 24.3 Å². The number of anilines is 2. The smallest absolute Gasteiger partial charge is 0.167 e. The second-order valence-electron chi connectivity index (χ2n) is 3.99. The largest absolute Gasteiger partial charge is 0.494 e. The van der Waals surface area contributed by atoms with Crippen molar-refractivity contribution in [3.63, 3.8) is 0 Å². The van der Waals surface area contributed by atoms with E-state index in [1.54, 1.807) is 6.92 Å². The number of nitrogens with one attached hydrogen (secondary N) is 1. The standard InChI is InChI=1S/C12H19FN2O2/c1-8(16)4-3-5-15-11-7-12(17-2)9(13)6-10(11)14/h6-8,15-16H,3-5,14H2,1-2H3. The Morgan fingerprint density at radius 3 is 2.82 bits per heavy atom. The van der Waals surface area contributed by atoms with Gasteiger partial charge in [0.15, 0.2) is 11.6 Å². The normalized spacial score (nSPS) is 12.2. The van der Waals surface area contributed by atoms with Gasteiger partial charge in [0, 0.05) is 18.7 Å². The zero-order valence-corrected chi connectivity index (χ0v) is 10.2. The molecule has 0 spiro atoms. The van der Waals surface area contributed by atoms with Gasteiger partial charge in [0.25, 0.3) is 0 Å². The third-order valence-electron chi connectivity index (χ3n) is 2.44. The summed E-state index contributed by atoms with van der Waals surface area (Å²) in [7, 11) is 1.41. The lowest BCUT2D eigenvalue weighted by Crippen LogP contribution is -2.08. The van der Waals surface area contributed by atoms with Gasteiger partial charge in [-0.25, -0.2) is 4.39 Å². The van der Waals surface area contributed by atoms with E-state index in [9.17, 15) is 4.39 Å². The SMILES string of the molecule is COc1cc(NCCCC(C)O)c(N)cc1F. The molecule has 0 aliphatic carbocycles. The molecule has 0 bridgehead atoms. The van der Waals surface area contributed by atoms with E-state index >= 15 is 0 Å². The van der Waals surface area contributed by atoms with Crippen LogP contribution < -0.4 is 15.8 Å². The summed E-state index contributed by atoms with van der Waals surface area (Å²) in [6, 6.07) is 2.77. The van der Waals surface area contributed by atoms with Crippen molar-refractivity contribution in [3.8, 4) is 5.75 Å². The predicted octanol–water partition coefficient (Wildman–Crippen LogP) is 1.99. The summed E-state index contributed by atoms with van der Waals surface area (Å²) in [4.78, 5) is 0. The number of methoxy groups -OCH3 is 1. The van der Waals surface area contributed by atoms with Crippen LogP contribution in [-0.2, 0) is 0 Å². The summed E-state index contributed by atoms with van der Waals surface area (Å²) in [6.07, 6.45) is 1.22. The van der Waals surface area contributed by atoms with Crippen LogP contribution in [-0.4, -0.2) is 24.9 Å². The van der Waals surface area contributed by atoms with E-state index in [1.807, 2.05) is 0 Å². The van der Waals surface area contributed by atoms with Crippen LogP contribution in [0.4, 0.5) is 15.8 Å². The quantitative estimate of drug-likeness (QED) is 0.527. The second-order valence-corrected chi connectivity index (χ2v) is 3.99. The number of hydrogen-bond donors (Lipinski definition) is 3.